The van der Waals surface area contributed by atoms with Gasteiger partial charge in [0.1, 0.15) is 0 Å². The van der Waals surface area contributed by atoms with Gasteiger partial charge in [-0.2, -0.15) is 0 Å². The highest BCUT2D eigenvalue weighted by molar-refractivity contribution is 5.89. The van der Waals surface area contributed by atoms with Gasteiger partial charge in [-0.15, -0.1) is 0 Å². The van der Waals surface area contributed by atoms with Crippen LogP contribution in [0.15, 0.2) is 0 Å². The van der Waals surface area contributed by atoms with Crippen LogP contribution in [0, 0.1) is 11.8 Å². The number of rotatable bonds is 4. The molecule has 2 saturated heterocycles. The summed E-state index contributed by atoms with van der Waals surface area (Å²) in [5, 5.41) is 8.68. The molecule has 2 aliphatic heterocycles. The maximum atomic E-state index is 12.3. The molecule has 1 unspecified atom stereocenters. The summed E-state index contributed by atoms with van der Waals surface area (Å²) < 4.78 is 0. The molecule has 112 valence electrons. The van der Waals surface area contributed by atoms with Crippen LogP contribution in [0.3, 0.4) is 0 Å². The van der Waals surface area contributed by atoms with E-state index in [1.807, 2.05) is 4.90 Å². The molecule has 2 aliphatic rings. The summed E-state index contributed by atoms with van der Waals surface area (Å²) in [4.78, 5) is 37.8. The lowest BCUT2D eigenvalue weighted by Gasteiger charge is -2.33. The van der Waals surface area contributed by atoms with Crippen LogP contribution in [-0.2, 0) is 14.4 Å². The highest BCUT2D eigenvalue weighted by atomic mass is 16.4. The van der Waals surface area contributed by atoms with Crippen molar-refractivity contribution in [1.29, 1.82) is 0 Å². The molecule has 0 saturated carbocycles. The minimum Gasteiger partial charge on any atom is -0.481 e. The Hall–Kier alpha value is -1.59. The van der Waals surface area contributed by atoms with Gasteiger partial charge in [-0.3, -0.25) is 14.4 Å². The van der Waals surface area contributed by atoms with Crippen LogP contribution in [0.5, 0.6) is 0 Å². The summed E-state index contributed by atoms with van der Waals surface area (Å²) in [6.45, 7) is 1.91. The van der Waals surface area contributed by atoms with Crippen molar-refractivity contribution in [3.8, 4) is 0 Å². The number of hydrogen-bond acceptors (Lipinski definition) is 3. The molecule has 2 heterocycles. The Morgan fingerprint density at radius 2 is 1.95 bits per heavy atom. The largest absolute Gasteiger partial charge is 0.481 e. The first-order valence-electron chi connectivity index (χ1n) is 7.22. The van der Waals surface area contributed by atoms with Gasteiger partial charge in [-0.25, -0.2) is 0 Å². The highest BCUT2D eigenvalue weighted by Crippen LogP contribution is 2.25. The normalized spacial score (nSPS) is 24.2. The molecule has 2 amide bonds. The zero-order valence-corrected chi connectivity index (χ0v) is 11.9. The van der Waals surface area contributed by atoms with Crippen molar-refractivity contribution in [2.45, 2.75) is 32.1 Å². The van der Waals surface area contributed by atoms with E-state index in [1.54, 1.807) is 11.9 Å². The first kappa shape index (κ1) is 14.8. The Morgan fingerprint density at radius 3 is 2.45 bits per heavy atom. The minimum absolute atomic E-state index is 0.0414. The fraction of sp³-hybridized carbons (Fsp3) is 0.786. The standard InChI is InChI=1S/C14H22N2O4/c1-15-9-11(8-12(15)17)14(20)16-6-4-10(5-7-16)2-3-13(18)19/h10-11H,2-9H2,1H3,(H,18,19). The number of aliphatic carboxylic acids is 1. The monoisotopic (exact) mass is 282 g/mol. The number of amides is 2. The summed E-state index contributed by atoms with van der Waals surface area (Å²) in [7, 11) is 1.73. The maximum absolute atomic E-state index is 12.3. The predicted octanol–water partition coefficient (Wildman–Crippen LogP) is 0.568. The quantitative estimate of drug-likeness (QED) is 0.817. The number of nitrogens with zero attached hydrogens (tertiary/aromatic N) is 2. The van der Waals surface area contributed by atoms with Crippen molar-refractivity contribution in [3.05, 3.63) is 0 Å². The van der Waals surface area contributed by atoms with E-state index in [4.69, 9.17) is 5.11 Å². The van der Waals surface area contributed by atoms with Crippen LogP contribution in [0.4, 0.5) is 0 Å². The van der Waals surface area contributed by atoms with Crippen LogP contribution < -0.4 is 0 Å². The SMILES string of the molecule is CN1CC(C(=O)N2CCC(CCC(=O)O)CC2)CC1=O. The lowest BCUT2D eigenvalue weighted by atomic mass is 9.91. The van der Waals surface area contributed by atoms with Gasteiger partial charge in [-0.05, 0) is 25.2 Å². The zero-order chi connectivity index (χ0) is 14.7. The number of likely N-dealkylation sites (tertiary alicyclic amines) is 2. The van der Waals surface area contributed by atoms with Crippen LogP contribution in [0.1, 0.15) is 32.1 Å². The fourth-order valence-corrected chi connectivity index (χ4v) is 3.06. The lowest BCUT2D eigenvalue weighted by molar-refractivity contribution is -0.139. The first-order valence-corrected chi connectivity index (χ1v) is 7.22. The molecular weight excluding hydrogens is 260 g/mol. The van der Waals surface area contributed by atoms with E-state index in [9.17, 15) is 14.4 Å². The van der Waals surface area contributed by atoms with Gasteiger partial charge in [-0.1, -0.05) is 0 Å². The Morgan fingerprint density at radius 1 is 1.30 bits per heavy atom. The molecule has 6 heteroatoms. The van der Waals surface area contributed by atoms with E-state index in [2.05, 4.69) is 0 Å². The molecule has 0 aromatic rings. The van der Waals surface area contributed by atoms with Gasteiger partial charge < -0.3 is 14.9 Å². The molecule has 6 nitrogen and oxygen atoms in total. The van der Waals surface area contributed by atoms with E-state index < -0.39 is 5.97 Å². The van der Waals surface area contributed by atoms with Crippen molar-refractivity contribution in [2.75, 3.05) is 26.7 Å². The highest BCUT2D eigenvalue weighted by Gasteiger charge is 2.35. The van der Waals surface area contributed by atoms with Crippen molar-refractivity contribution in [3.63, 3.8) is 0 Å². The number of hydrogen-bond donors (Lipinski definition) is 1. The van der Waals surface area contributed by atoms with Gasteiger partial charge >= 0.3 is 5.97 Å². The zero-order valence-electron chi connectivity index (χ0n) is 11.9. The number of carbonyl (C=O) groups excluding carboxylic acids is 2. The Balaban J connectivity index is 1.77. The van der Waals surface area contributed by atoms with E-state index in [0.29, 0.717) is 38.4 Å². The summed E-state index contributed by atoms with van der Waals surface area (Å²) >= 11 is 0. The molecule has 0 aromatic carbocycles. The van der Waals surface area contributed by atoms with E-state index in [-0.39, 0.29) is 24.2 Å². The van der Waals surface area contributed by atoms with Crippen LogP contribution in [0.25, 0.3) is 0 Å². The van der Waals surface area contributed by atoms with Crippen LogP contribution in [-0.4, -0.2) is 59.4 Å². The first-order chi connectivity index (χ1) is 9.47. The molecular formula is C14H22N2O4. The second-order valence-electron chi connectivity index (χ2n) is 5.88. The summed E-state index contributed by atoms with van der Waals surface area (Å²) in [6.07, 6.45) is 2.97. The molecule has 20 heavy (non-hydrogen) atoms. The topological polar surface area (TPSA) is 77.9 Å². The lowest BCUT2D eigenvalue weighted by Crippen LogP contribution is -2.42. The van der Waals surface area contributed by atoms with Crippen molar-refractivity contribution < 1.29 is 19.5 Å². The number of carboxylic acid groups (broad SMARTS) is 1. The molecule has 1 N–H and O–H groups in total. The fourth-order valence-electron chi connectivity index (χ4n) is 3.06. The van der Waals surface area contributed by atoms with Gasteiger partial charge in [0, 0.05) is 39.5 Å². The third-order valence-corrected chi connectivity index (χ3v) is 4.38. The number of piperidine rings is 1. The van der Waals surface area contributed by atoms with E-state index in [0.717, 1.165) is 12.8 Å². The van der Waals surface area contributed by atoms with Crippen molar-refractivity contribution in [1.82, 2.24) is 9.80 Å². The third-order valence-electron chi connectivity index (χ3n) is 4.38. The molecule has 0 bridgehead atoms. The third kappa shape index (κ3) is 3.49. The van der Waals surface area contributed by atoms with Gasteiger partial charge in [0.2, 0.25) is 11.8 Å². The molecule has 2 rings (SSSR count). The molecule has 2 fully saturated rings. The van der Waals surface area contributed by atoms with Crippen molar-refractivity contribution in [2.24, 2.45) is 11.8 Å². The summed E-state index contributed by atoms with van der Waals surface area (Å²) in [5.41, 5.74) is 0. The van der Waals surface area contributed by atoms with Gasteiger partial charge in [0.05, 0.1) is 5.92 Å². The van der Waals surface area contributed by atoms with Crippen LogP contribution >= 0.6 is 0 Å². The second kappa shape index (κ2) is 6.24. The van der Waals surface area contributed by atoms with Gasteiger partial charge in [0.15, 0.2) is 0 Å². The minimum atomic E-state index is -0.754. The Labute approximate surface area is 118 Å². The number of carboxylic acids is 1. The molecule has 0 aliphatic carbocycles. The molecule has 1 atom stereocenters. The molecule has 0 aromatic heterocycles. The predicted molar refractivity (Wildman–Crippen MR) is 71.9 cm³/mol. The average molecular weight is 282 g/mol. The van der Waals surface area contributed by atoms with E-state index >= 15 is 0 Å². The van der Waals surface area contributed by atoms with E-state index in [1.165, 1.54) is 0 Å². The Kier molecular flexibility index (Phi) is 4.62. The average Bonchev–Trinajstić information content (AvgIpc) is 2.76. The molecule has 0 radical (unpaired) electrons. The maximum Gasteiger partial charge on any atom is 0.303 e. The Bertz CT molecular complexity index is 402. The second-order valence-corrected chi connectivity index (χ2v) is 5.88. The molecule has 0 spiro atoms. The van der Waals surface area contributed by atoms with Gasteiger partial charge in [0.25, 0.3) is 0 Å². The van der Waals surface area contributed by atoms with Crippen molar-refractivity contribution >= 4 is 17.8 Å². The smallest absolute Gasteiger partial charge is 0.303 e. The van der Waals surface area contributed by atoms with Crippen LogP contribution in [0.2, 0.25) is 0 Å². The summed E-state index contributed by atoms with van der Waals surface area (Å²) in [6, 6.07) is 0. The number of carbonyl (C=O) groups is 3. The summed E-state index contributed by atoms with van der Waals surface area (Å²) in [5.74, 6) is -0.416.